The van der Waals surface area contributed by atoms with Crippen molar-refractivity contribution >= 4 is 34.5 Å². The average Bonchev–Trinajstić information content (AvgIpc) is 2.79. The zero-order valence-corrected chi connectivity index (χ0v) is 12.9. The molecular weight excluding hydrogens is 283 g/mol. The molecule has 3 heteroatoms. The molecule has 0 saturated heterocycles. The van der Waals surface area contributed by atoms with Gasteiger partial charge >= 0.3 is 0 Å². The third-order valence-corrected chi connectivity index (χ3v) is 4.78. The molecule has 1 aromatic carbocycles. The highest BCUT2D eigenvalue weighted by atomic mass is 35.5. The van der Waals surface area contributed by atoms with E-state index in [-0.39, 0.29) is 0 Å². The summed E-state index contributed by atoms with van der Waals surface area (Å²) in [6.45, 7) is 4.46. The summed E-state index contributed by atoms with van der Waals surface area (Å²) in [5, 5.41) is 0.782. The Labute approximate surface area is 123 Å². The summed E-state index contributed by atoms with van der Waals surface area (Å²) in [6.07, 6.45) is 2.29. The van der Waals surface area contributed by atoms with Gasteiger partial charge in [-0.3, -0.25) is 0 Å². The van der Waals surface area contributed by atoms with E-state index in [2.05, 4.69) is 32.0 Å². The van der Waals surface area contributed by atoms with Gasteiger partial charge < -0.3 is 0 Å². The molecule has 96 valence electrons. The fraction of sp³-hybridized carbons (Fsp3) is 0.333. The third-order valence-electron chi connectivity index (χ3n) is 3.28. The highest BCUT2D eigenvalue weighted by Gasteiger charge is 2.14. The molecule has 0 aliphatic carbocycles. The Morgan fingerprint density at radius 1 is 1.06 bits per heavy atom. The molecule has 0 nitrogen and oxygen atoms in total. The van der Waals surface area contributed by atoms with E-state index in [4.69, 9.17) is 23.2 Å². The molecule has 0 atom stereocenters. The predicted octanol–water partition coefficient (Wildman–Crippen LogP) is 6.63. The topological polar surface area (TPSA) is 0 Å². The van der Waals surface area contributed by atoms with E-state index >= 15 is 0 Å². The maximum atomic E-state index is 6.14. The van der Waals surface area contributed by atoms with Crippen molar-refractivity contribution in [3.05, 3.63) is 45.3 Å². The molecular formula is C15H16Cl2S. The van der Waals surface area contributed by atoms with E-state index in [9.17, 15) is 0 Å². The average molecular weight is 299 g/mol. The minimum Gasteiger partial charge on any atom is -0.123 e. The molecule has 0 amide bonds. The lowest BCUT2D eigenvalue weighted by atomic mass is 9.89. The minimum atomic E-state index is 0.582. The van der Waals surface area contributed by atoms with E-state index < -0.39 is 0 Å². The maximum Gasteiger partial charge on any atom is 0.0934 e. The largest absolute Gasteiger partial charge is 0.123 e. The van der Waals surface area contributed by atoms with Crippen molar-refractivity contribution < 1.29 is 0 Å². The van der Waals surface area contributed by atoms with Gasteiger partial charge in [-0.25, -0.2) is 0 Å². The molecule has 0 spiro atoms. The van der Waals surface area contributed by atoms with Crippen molar-refractivity contribution in [1.82, 2.24) is 0 Å². The number of hydrogen-bond acceptors (Lipinski definition) is 1. The van der Waals surface area contributed by atoms with Gasteiger partial charge in [0.15, 0.2) is 0 Å². The van der Waals surface area contributed by atoms with Crippen LogP contribution in [0.3, 0.4) is 0 Å². The van der Waals surface area contributed by atoms with Crippen molar-refractivity contribution in [3.8, 4) is 10.4 Å². The van der Waals surface area contributed by atoms with E-state index in [0.717, 1.165) is 22.2 Å². The van der Waals surface area contributed by atoms with Crippen molar-refractivity contribution in [2.24, 2.45) is 0 Å². The zero-order chi connectivity index (χ0) is 13.1. The van der Waals surface area contributed by atoms with Crippen molar-refractivity contribution in [1.29, 1.82) is 0 Å². The summed E-state index contributed by atoms with van der Waals surface area (Å²) in [7, 11) is 0. The van der Waals surface area contributed by atoms with Crippen LogP contribution in [0.2, 0.25) is 9.36 Å². The SMILES string of the molecule is CCC(CC)c1ccc(Cl)cc1-c1ccc(Cl)s1. The van der Waals surface area contributed by atoms with Gasteiger partial charge in [-0.1, -0.05) is 43.1 Å². The smallest absolute Gasteiger partial charge is 0.0934 e. The third kappa shape index (κ3) is 2.90. The highest BCUT2D eigenvalue weighted by molar-refractivity contribution is 7.19. The molecule has 0 saturated carbocycles. The lowest BCUT2D eigenvalue weighted by Gasteiger charge is -2.17. The second-order valence-corrected chi connectivity index (χ2v) is 6.50. The van der Waals surface area contributed by atoms with Crippen LogP contribution < -0.4 is 0 Å². The fourth-order valence-corrected chi connectivity index (χ4v) is 3.54. The molecule has 0 radical (unpaired) electrons. The first kappa shape index (κ1) is 13.9. The lowest BCUT2D eigenvalue weighted by molar-refractivity contribution is 0.643. The Kier molecular flexibility index (Phi) is 4.71. The normalized spacial score (nSPS) is 11.2. The monoisotopic (exact) mass is 298 g/mol. The van der Waals surface area contributed by atoms with Crippen LogP contribution in [0, 0.1) is 0 Å². The number of hydrogen-bond donors (Lipinski definition) is 0. The Morgan fingerprint density at radius 3 is 2.33 bits per heavy atom. The molecule has 0 aliphatic heterocycles. The van der Waals surface area contributed by atoms with E-state index in [1.54, 1.807) is 11.3 Å². The number of rotatable bonds is 4. The Hall–Kier alpha value is -0.500. The molecule has 2 aromatic rings. The quantitative estimate of drug-likeness (QED) is 0.594. The van der Waals surface area contributed by atoms with Gasteiger partial charge in [-0.15, -0.1) is 11.3 Å². The van der Waals surface area contributed by atoms with Crippen LogP contribution in [0.25, 0.3) is 10.4 Å². The zero-order valence-electron chi connectivity index (χ0n) is 10.5. The predicted molar refractivity (Wildman–Crippen MR) is 83.1 cm³/mol. The summed E-state index contributed by atoms with van der Waals surface area (Å²) in [5.41, 5.74) is 2.61. The molecule has 0 N–H and O–H groups in total. The van der Waals surface area contributed by atoms with Crippen LogP contribution in [-0.2, 0) is 0 Å². The van der Waals surface area contributed by atoms with Crippen molar-refractivity contribution in [2.45, 2.75) is 32.6 Å². The number of halogens is 2. The molecule has 0 bridgehead atoms. The van der Waals surface area contributed by atoms with Gasteiger partial charge in [0.2, 0.25) is 0 Å². The molecule has 0 aliphatic rings. The molecule has 18 heavy (non-hydrogen) atoms. The summed E-state index contributed by atoms with van der Waals surface area (Å²) >= 11 is 13.8. The van der Waals surface area contributed by atoms with Gasteiger partial charge in [0.05, 0.1) is 4.34 Å². The summed E-state index contributed by atoms with van der Waals surface area (Å²) < 4.78 is 0.820. The van der Waals surface area contributed by atoms with Gasteiger partial charge in [0.1, 0.15) is 0 Å². The minimum absolute atomic E-state index is 0.582. The summed E-state index contributed by atoms with van der Waals surface area (Å²) in [5.74, 6) is 0.582. The molecule has 0 fully saturated rings. The Morgan fingerprint density at radius 2 is 1.78 bits per heavy atom. The van der Waals surface area contributed by atoms with Crippen LogP contribution in [-0.4, -0.2) is 0 Å². The van der Waals surface area contributed by atoms with Crippen molar-refractivity contribution in [3.63, 3.8) is 0 Å². The highest BCUT2D eigenvalue weighted by Crippen LogP contribution is 2.39. The molecule has 2 rings (SSSR count). The fourth-order valence-electron chi connectivity index (χ4n) is 2.29. The van der Waals surface area contributed by atoms with Crippen molar-refractivity contribution in [2.75, 3.05) is 0 Å². The summed E-state index contributed by atoms with van der Waals surface area (Å²) in [6, 6.07) is 10.2. The van der Waals surface area contributed by atoms with Gasteiger partial charge in [0.25, 0.3) is 0 Å². The first-order valence-corrected chi connectivity index (χ1v) is 7.78. The first-order chi connectivity index (χ1) is 8.65. The number of thiophene rings is 1. The molecule has 1 heterocycles. The molecule has 1 aromatic heterocycles. The van der Waals surface area contributed by atoms with Crippen LogP contribution in [0.1, 0.15) is 38.2 Å². The van der Waals surface area contributed by atoms with Crippen LogP contribution in [0.4, 0.5) is 0 Å². The van der Waals surface area contributed by atoms with Gasteiger partial charge in [0, 0.05) is 9.90 Å². The maximum absolute atomic E-state index is 6.14. The lowest BCUT2D eigenvalue weighted by Crippen LogP contribution is -1.97. The van der Waals surface area contributed by atoms with Gasteiger partial charge in [-0.05, 0) is 54.2 Å². The Bertz CT molecular complexity index is 527. The van der Waals surface area contributed by atoms with E-state index in [1.165, 1.54) is 16.0 Å². The second-order valence-electron chi connectivity index (χ2n) is 4.35. The second kappa shape index (κ2) is 6.10. The molecule has 0 unspecified atom stereocenters. The first-order valence-electron chi connectivity index (χ1n) is 6.20. The summed E-state index contributed by atoms with van der Waals surface area (Å²) in [4.78, 5) is 1.20. The van der Waals surface area contributed by atoms with Gasteiger partial charge in [-0.2, -0.15) is 0 Å². The standard InChI is InChI=1S/C15H16Cl2S/c1-3-10(4-2)12-6-5-11(16)9-13(12)14-7-8-15(17)18-14/h5-10H,3-4H2,1-2H3. The van der Waals surface area contributed by atoms with E-state index in [0.29, 0.717) is 5.92 Å². The Balaban J connectivity index is 2.53. The van der Waals surface area contributed by atoms with Crippen LogP contribution in [0.15, 0.2) is 30.3 Å². The van der Waals surface area contributed by atoms with Crippen LogP contribution in [0.5, 0.6) is 0 Å². The number of benzene rings is 1. The van der Waals surface area contributed by atoms with Crippen LogP contribution >= 0.6 is 34.5 Å². The van der Waals surface area contributed by atoms with E-state index in [1.807, 2.05) is 12.1 Å².